The van der Waals surface area contributed by atoms with Crippen molar-refractivity contribution in [1.29, 1.82) is 0 Å². The van der Waals surface area contributed by atoms with Crippen LogP contribution in [0.4, 0.5) is 0 Å². The molecule has 0 heterocycles. The molecule has 2 N–H and O–H groups in total. The fraction of sp³-hybridized carbons (Fsp3) is 0.529. The summed E-state index contributed by atoms with van der Waals surface area (Å²) < 4.78 is 0. The molecule has 0 fully saturated rings. The van der Waals surface area contributed by atoms with E-state index in [9.17, 15) is 14.7 Å². The number of carboxylic acid groups (broad SMARTS) is 1. The quantitative estimate of drug-likeness (QED) is 0.773. The predicted octanol–water partition coefficient (Wildman–Crippen LogP) is 3.01. The van der Waals surface area contributed by atoms with Gasteiger partial charge in [-0.3, -0.25) is 9.59 Å². The van der Waals surface area contributed by atoms with Gasteiger partial charge in [-0.05, 0) is 31.7 Å². The first-order valence-corrected chi connectivity index (χ1v) is 7.50. The van der Waals surface area contributed by atoms with E-state index in [0.29, 0.717) is 12.8 Å². The van der Waals surface area contributed by atoms with Crippen molar-refractivity contribution in [3.05, 3.63) is 35.9 Å². The number of aliphatic carboxylic acids is 1. The summed E-state index contributed by atoms with van der Waals surface area (Å²) in [5, 5.41) is 12.3. The Balaban J connectivity index is 2.58. The summed E-state index contributed by atoms with van der Waals surface area (Å²) in [5.74, 6) is -1.08. The Labute approximate surface area is 126 Å². The number of hydrogen-bond donors (Lipinski definition) is 2. The van der Waals surface area contributed by atoms with Crippen LogP contribution in [0.2, 0.25) is 0 Å². The van der Waals surface area contributed by atoms with Crippen molar-refractivity contribution in [1.82, 2.24) is 5.32 Å². The van der Waals surface area contributed by atoms with E-state index < -0.39 is 11.4 Å². The molecular formula is C17H25NO3. The van der Waals surface area contributed by atoms with Crippen molar-refractivity contribution >= 4 is 11.9 Å². The first kappa shape index (κ1) is 17.2. The number of carbonyl (C=O) groups is 2. The van der Waals surface area contributed by atoms with Gasteiger partial charge in [-0.15, -0.1) is 0 Å². The highest BCUT2D eigenvalue weighted by Gasteiger charge is 2.37. The lowest BCUT2D eigenvalue weighted by atomic mass is 9.79. The molecule has 1 unspecified atom stereocenters. The van der Waals surface area contributed by atoms with E-state index in [1.807, 2.05) is 51.1 Å². The molecule has 0 saturated heterocycles. The second kappa shape index (κ2) is 7.81. The molecule has 116 valence electrons. The summed E-state index contributed by atoms with van der Waals surface area (Å²) in [4.78, 5) is 23.5. The lowest BCUT2D eigenvalue weighted by Gasteiger charge is -2.26. The Morgan fingerprint density at radius 3 is 2.24 bits per heavy atom. The molecule has 1 rings (SSSR count). The minimum atomic E-state index is -0.948. The number of hydrogen-bond acceptors (Lipinski definition) is 2. The van der Waals surface area contributed by atoms with Crippen LogP contribution in [0.5, 0.6) is 0 Å². The van der Waals surface area contributed by atoms with Crippen molar-refractivity contribution < 1.29 is 14.7 Å². The molecule has 0 bridgehead atoms. The van der Waals surface area contributed by atoms with Crippen LogP contribution in [0, 0.1) is 5.41 Å². The first-order valence-electron chi connectivity index (χ1n) is 7.50. The highest BCUT2D eigenvalue weighted by atomic mass is 16.4. The lowest BCUT2D eigenvalue weighted by molar-refractivity contribution is -0.152. The minimum absolute atomic E-state index is 0.0138. The second-order valence-electron chi connectivity index (χ2n) is 5.63. The number of benzene rings is 1. The van der Waals surface area contributed by atoms with Gasteiger partial charge in [0.15, 0.2) is 0 Å². The molecule has 0 spiro atoms. The monoisotopic (exact) mass is 291 g/mol. The van der Waals surface area contributed by atoms with E-state index >= 15 is 0 Å². The van der Waals surface area contributed by atoms with Gasteiger partial charge in [-0.2, -0.15) is 0 Å². The Morgan fingerprint density at radius 2 is 1.76 bits per heavy atom. The molecule has 4 heteroatoms. The van der Waals surface area contributed by atoms with Crippen LogP contribution in [-0.4, -0.2) is 23.0 Å². The van der Waals surface area contributed by atoms with Crippen LogP contribution in [0.3, 0.4) is 0 Å². The summed E-state index contributed by atoms with van der Waals surface area (Å²) in [6, 6.07) is 9.90. The normalized spacial score (nSPS) is 12.7. The van der Waals surface area contributed by atoms with Gasteiger partial charge in [-0.1, -0.05) is 44.2 Å². The predicted molar refractivity (Wildman–Crippen MR) is 83.0 cm³/mol. The maximum Gasteiger partial charge on any atom is 0.310 e. The van der Waals surface area contributed by atoms with E-state index in [4.69, 9.17) is 0 Å². The third-order valence-corrected chi connectivity index (χ3v) is 4.10. The third kappa shape index (κ3) is 4.88. The first-order chi connectivity index (χ1) is 9.93. The summed E-state index contributed by atoms with van der Waals surface area (Å²) in [7, 11) is 0. The topological polar surface area (TPSA) is 66.4 Å². The standard InChI is InChI=1S/C17H25NO3/c1-4-17(5-2,16(20)21)12-15(19)18-13(3)11-14-9-7-6-8-10-14/h6-10,13H,4-5,11-12H2,1-3H3,(H,18,19)(H,20,21). The van der Waals surface area contributed by atoms with Gasteiger partial charge in [0.25, 0.3) is 0 Å². The molecule has 4 nitrogen and oxygen atoms in total. The van der Waals surface area contributed by atoms with Crippen molar-refractivity contribution in [3.63, 3.8) is 0 Å². The fourth-order valence-corrected chi connectivity index (χ4v) is 2.53. The van der Waals surface area contributed by atoms with Crippen molar-refractivity contribution in [2.75, 3.05) is 0 Å². The Bertz CT molecular complexity index is 466. The summed E-state index contributed by atoms with van der Waals surface area (Å²) in [5.41, 5.74) is 0.206. The summed E-state index contributed by atoms with van der Waals surface area (Å²) in [6.45, 7) is 5.57. The zero-order chi connectivity index (χ0) is 15.9. The highest BCUT2D eigenvalue weighted by molar-refractivity contribution is 5.85. The average Bonchev–Trinajstić information content (AvgIpc) is 2.45. The molecule has 0 aliphatic rings. The van der Waals surface area contributed by atoms with E-state index in [0.717, 1.165) is 12.0 Å². The molecule has 0 aliphatic heterocycles. The van der Waals surface area contributed by atoms with Crippen LogP contribution in [0.15, 0.2) is 30.3 Å². The Hall–Kier alpha value is -1.84. The number of rotatable bonds is 8. The molecular weight excluding hydrogens is 266 g/mol. The van der Waals surface area contributed by atoms with Gasteiger partial charge in [0.05, 0.1) is 5.41 Å². The van der Waals surface area contributed by atoms with E-state index in [-0.39, 0.29) is 18.4 Å². The second-order valence-corrected chi connectivity index (χ2v) is 5.63. The number of nitrogens with one attached hydrogen (secondary N) is 1. The third-order valence-electron chi connectivity index (χ3n) is 4.10. The van der Waals surface area contributed by atoms with Crippen LogP contribution in [0.1, 0.15) is 45.6 Å². The van der Waals surface area contributed by atoms with Gasteiger partial charge in [0.2, 0.25) is 5.91 Å². The van der Waals surface area contributed by atoms with Gasteiger partial charge in [-0.25, -0.2) is 0 Å². The van der Waals surface area contributed by atoms with Gasteiger partial charge in [0, 0.05) is 12.5 Å². The maximum atomic E-state index is 12.1. The number of carbonyl (C=O) groups excluding carboxylic acids is 1. The van der Waals surface area contributed by atoms with Crippen molar-refractivity contribution in [2.24, 2.45) is 5.41 Å². The van der Waals surface area contributed by atoms with E-state index in [2.05, 4.69) is 5.32 Å². The van der Waals surface area contributed by atoms with Crippen LogP contribution >= 0.6 is 0 Å². The van der Waals surface area contributed by atoms with Crippen LogP contribution in [-0.2, 0) is 16.0 Å². The maximum absolute atomic E-state index is 12.1. The van der Waals surface area contributed by atoms with Crippen molar-refractivity contribution in [3.8, 4) is 0 Å². The fourth-order valence-electron chi connectivity index (χ4n) is 2.53. The van der Waals surface area contributed by atoms with Gasteiger partial charge >= 0.3 is 5.97 Å². The molecule has 1 aromatic carbocycles. The molecule has 0 radical (unpaired) electrons. The Kier molecular flexibility index (Phi) is 6.40. The smallest absolute Gasteiger partial charge is 0.310 e. The zero-order valence-electron chi connectivity index (χ0n) is 13.1. The molecule has 0 aromatic heterocycles. The zero-order valence-corrected chi connectivity index (χ0v) is 13.1. The average molecular weight is 291 g/mol. The summed E-state index contributed by atoms with van der Waals surface area (Å²) >= 11 is 0. The molecule has 1 atom stereocenters. The lowest BCUT2D eigenvalue weighted by Crippen LogP contribution is -2.40. The molecule has 0 saturated carbocycles. The largest absolute Gasteiger partial charge is 0.481 e. The SMILES string of the molecule is CCC(CC)(CC(=O)NC(C)Cc1ccccc1)C(=O)O. The molecule has 0 aliphatic carbocycles. The van der Waals surface area contributed by atoms with Crippen molar-refractivity contribution in [2.45, 2.75) is 52.5 Å². The van der Waals surface area contributed by atoms with Gasteiger partial charge < -0.3 is 10.4 Å². The Morgan fingerprint density at radius 1 is 1.19 bits per heavy atom. The summed E-state index contributed by atoms with van der Waals surface area (Å²) in [6.07, 6.45) is 1.69. The highest BCUT2D eigenvalue weighted by Crippen LogP contribution is 2.30. The molecule has 21 heavy (non-hydrogen) atoms. The molecule has 1 aromatic rings. The van der Waals surface area contributed by atoms with Gasteiger partial charge in [0.1, 0.15) is 0 Å². The van der Waals surface area contributed by atoms with Crippen LogP contribution < -0.4 is 5.32 Å². The molecule has 1 amide bonds. The van der Waals surface area contributed by atoms with E-state index in [1.165, 1.54) is 0 Å². The number of carboxylic acids is 1. The minimum Gasteiger partial charge on any atom is -0.481 e. The van der Waals surface area contributed by atoms with Crippen LogP contribution in [0.25, 0.3) is 0 Å². The van der Waals surface area contributed by atoms with E-state index in [1.54, 1.807) is 0 Å². The number of amides is 1.